The second kappa shape index (κ2) is 4.87. The first-order valence-corrected chi connectivity index (χ1v) is 6.89. The van der Waals surface area contributed by atoms with E-state index in [0.29, 0.717) is 0 Å². The predicted octanol–water partition coefficient (Wildman–Crippen LogP) is 3.92. The van der Waals surface area contributed by atoms with Crippen molar-refractivity contribution in [3.05, 3.63) is 49.3 Å². The van der Waals surface area contributed by atoms with Crippen molar-refractivity contribution in [1.29, 1.82) is 0 Å². The van der Waals surface area contributed by atoms with E-state index in [1.807, 2.05) is 6.92 Å². The van der Waals surface area contributed by atoms with Crippen molar-refractivity contribution in [2.75, 3.05) is 0 Å². The quantitative estimate of drug-likeness (QED) is 0.710. The van der Waals surface area contributed by atoms with E-state index in [9.17, 15) is 0 Å². The lowest BCUT2D eigenvalue weighted by atomic mass is 10.2. The second-order valence-corrected chi connectivity index (χ2v) is 5.76. The third-order valence-corrected chi connectivity index (χ3v) is 4.63. The van der Waals surface area contributed by atoms with Crippen molar-refractivity contribution in [3.63, 3.8) is 0 Å². The van der Waals surface area contributed by atoms with Gasteiger partial charge in [0.25, 0.3) is 0 Å². The smallest absolute Gasteiger partial charge is 0.0730 e. The van der Waals surface area contributed by atoms with E-state index in [-0.39, 0.29) is 0 Å². The maximum atomic E-state index is 4.52. The van der Waals surface area contributed by atoms with Crippen molar-refractivity contribution >= 4 is 38.5 Å². The molecule has 0 aliphatic carbocycles. The van der Waals surface area contributed by atoms with Crippen LogP contribution in [0.15, 0.2) is 28.7 Å². The summed E-state index contributed by atoms with van der Waals surface area (Å²) in [5.41, 5.74) is 3.61. The Balaban J connectivity index is 2.27. The molecule has 1 aromatic heterocycles. The van der Waals surface area contributed by atoms with Gasteiger partial charge in [-0.1, -0.05) is 28.1 Å². The summed E-state index contributed by atoms with van der Waals surface area (Å²) in [4.78, 5) is 0. The number of aromatic nitrogens is 2. The molecule has 0 aliphatic heterocycles. The average molecular weight is 391 g/mol. The number of nitrogens with zero attached hydrogens (tertiary/aromatic N) is 2. The van der Waals surface area contributed by atoms with Crippen molar-refractivity contribution in [2.45, 2.75) is 20.4 Å². The summed E-state index contributed by atoms with van der Waals surface area (Å²) < 4.78 is 4.43. The van der Waals surface area contributed by atoms with Crippen LogP contribution in [0.1, 0.15) is 17.0 Å². The monoisotopic (exact) mass is 390 g/mol. The Kier molecular flexibility index (Phi) is 3.69. The predicted molar refractivity (Wildman–Crippen MR) is 77.7 cm³/mol. The van der Waals surface area contributed by atoms with Crippen LogP contribution in [0.25, 0.3) is 0 Å². The minimum Gasteiger partial charge on any atom is -0.264 e. The number of hydrogen-bond donors (Lipinski definition) is 0. The van der Waals surface area contributed by atoms with E-state index >= 15 is 0 Å². The Morgan fingerprint density at radius 3 is 2.38 bits per heavy atom. The summed E-state index contributed by atoms with van der Waals surface area (Å²) in [6.07, 6.45) is 0. The summed E-state index contributed by atoms with van der Waals surface area (Å²) in [6.45, 7) is 5.00. The highest BCUT2D eigenvalue weighted by atomic mass is 127. The number of halogens is 2. The van der Waals surface area contributed by atoms with Gasteiger partial charge in [0, 0.05) is 10.2 Å². The molecule has 2 rings (SSSR count). The summed E-state index contributed by atoms with van der Waals surface area (Å²) in [6, 6.07) is 8.36. The van der Waals surface area contributed by atoms with Crippen LogP contribution in [0.4, 0.5) is 0 Å². The molecule has 2 nitrogen and oxygen atoms in total. The molecule has 16 heavy (non-hydrogen) atoms. The molecule has 0 saturated carbocycles. The highest BCUT2D eigenvalue weighted by Gasteiger charge is 2.08. The summed E-state index contributed by atoms with van der Waals surface area (Å²) >= 11 is 5.78. The van der Waals surface area contributed by atoms with Gasteiger partial charge in [0.2, 0.25) is 0 Å². The first-order valence-electron chi connectivity index (χ1n) is 5.02. The highest BCUT2D eigenvalue weighted by Crippen LogP contribution is 2.17. The first kappa shape index (κ1) is 12.1. The van der Waals surface area contributed by atoms with Crippen LogP contribution >= 0.6 is 38.5 Å². The van der Waals surface area contributed by atoms with Crippen LogP contribution in [0.5, 0.6) is 0 Å². The molecular weight excluding hydrogens is 379 g/mol. The molecule has 0 radical (unpaired) electrons. The van der Waals surface area contributed by atoms with Crippen molar-refractivity contribution in [3.8, 4) is 0 Å². The maximum Gasteiger partial charge on any atom is 0.0730 e. The van der Waals surface area contributed by atoms with E-state index in [1.54, 1.807) is 0 Å². The van der Waals surface area contributed by atoms with Crippen LogP contribution < -0.4 is 0 Å². The highest BCUT2D eigenvalue weighted by molar-refractivity contribution is 14.1. The SMILES string of the molecule is Cc1nn(Cc2ccc(Br)cc2)c(C)c1I. The molecule has 0 N–H and O–H groups in total. The van der Waals surface area contributed by atoms with E-state index in [1.165, 1.54) is 14.8 Å². The van der Waals surface area contributed by atoms with Crippen LogP contribution in [-0.2, 0) is 6.54 Å². The third kappa shape index (κ3) is 2.48. The summed E-state index contributed by atoms with van der Waals surface area (Å²) in [5, 5.41) is 4.52. The van der Waals surface area contributed by atoms with Gasteiger partial charge in [-0.2, -0.15) is 5.10 Å². The minimum absolute atomic E-state index is 0.836. The van der Waals surface area contributed by atoms with Gasteiger partial charge in [-0.15, -0.1) is 0 Å². The minimum atomic E-state index is 0.836. The fourth-order valence-electron chi connectivity index (χ4n) is 1.59. The zero-order valence-electron chi connectivity index (χ0n) is 9.17. The van der Waals surface area contributed by atoms with Crippen molar-refractivity contribution < 1.29 is 0 Å². The average Bonchev–Trinajstić information content (AvgIpc) is 2.50. The zero-order chi connectivity index (χ0) is 11.7. The lowest BCUT2D eigenvalue weighted by Gasteiger charge is -2.04. The van der Waals surface area contributed by atoms with Crippen molar-refractivity contribution in [2.24, 2.45) is 0 Å². The standard InChI is InChI=1S/C12H12BrIN2/c1-8-12(14)9(2)16(15-8)7-10-3-5-11(13)6-4-10/h3-6H,7H2,1-2H3. The topological polar surface area (TPSA) is 17.8 Å². The summed E-state index contributed by atoms with van der Waals surface area (Å²) in [7, 11) is 0. The second-order valence-electron chi connectivity index (χ2n) is 3.77. The molecular formula is C12H12BrIN2. The number of aryl methyl sites for hydroxylation is 1. The molecule has 0 atom stereocenters. The van der Waals surface area contributed by atoms with E-state index in [0.717, 1.165) is 16.7 Å². The van der Waals surface area contributed by atoms with Crippen molar-refractivity contribution in [1.82, 2.24) is 9.78 Å². The zero-order valence-corrected chi connectivity index (χ0v) is 12.9. The van der Waals surface area contributed by atoms with E-state index in [2.05, 4.69) is 79.5 Å². The van der Waals surface area contributed by atoms with Gasteiger partial charge >= 0.3 is 0 Å². The number of rotatable bonds is 2. The molecule has 0 unspecified atom stereocenters. The molecule has 0 bridgehead atoms. The Hall–Kier alpha value is -0.360. The fourth-order valence-corrected chi connectivity index (χ4v) is 2.24. The lowest BCUT2D eigenvalue weighted by molar-refractivity contribution is 0.658. The van der Waals surface area contributed by atoms with Gasteiger partial charge < -0.3 is 0 Å². The molecule has 0 amide bonds. The Morgan fingerprint density at radius 2 is 1.88 bits per heavy atom. The number of hydrogen-bond acceptors (Lipinski definition) is 1. The van der Waals surface area contributed by atoms with Crippen LogP contribution in [0, 0.1) is 17.4 Å². The fraction of sp³-hybridized carbons (Fsp3) is 0.250. The van der Waals surface area contributed by atoms with Gasteiger partial charge in [-0.05, 0) is 54.1 Å². The van der Waals surface area contributed by atoms with Crippen LogP contribution in [-0.4, -0.2) is 9.78 Å². The molecule has 0 fully saturated rings. The molecule has 0 aliphatic rings. The van der Waals surface area contributed by atoms with E-state index < -0.39 is 0 Å². The summed E-state index contributed by atoms with van der Waals surface area (Å²) in [5.74, 6) is 0. The first-order chi connectivity index (χ1) is 7.58. The molecule has 4 heteroatoms. The van der Waals surface area contributed by atoms with Crippen LogP contribution in [0.3, 0.4) is 0 Å². The molecule has 1 heterocycles. The normalized spacial score (nSPS) is 10.8. The molecule has 0 saturated heterocycles. The molecule has 84 valence electrons. The van der Waals surface area contributed by atoms with Gasteiger partial charge in [-0.3, -0.25) is 4.68 Å². The van der Waals surface area contributed by atoms with Gasteiger partial charge in [0.1, 0.15) is 0 Å². The van der Waals surface area contributed by atoms with Gasteiger partial charge in [-0.25, -0.2) is 0 Å². The molecule has 0 spiro atoms. The lowest BCUT2D eigenvalue weighted by Crippen LogP contribution is -2.03. The Bertz CT molecular complexity index is 502. The van der Waals surface area contributed by atoms with E-state index in [4.69, 9.17) is 0 Å². The number of benzene rings is 1. The Labute approximate surface area is 117 Å². The van der Waals surface area contributed by atoms with Crippen LogP contribution in [0.2, 0.25) is 0 Å². The molecule has 2 aromatic rings. The van der Waals surface area contributed by atoms with Gasteiger partial charge in [0.05, 0.1) is 15.8 Å². The third-order valence-electron chi connectivity index (χ3n) is 2.54. The van der Waals surface area contributed by atoms with Gasteiger partial charge in [0.15, 0.2) is 0 Å². The molecule has 1 aromatic carbocycles. The Morgan fingerprint density at radius 1 is 1.25 bits per heavy atom. The largest absolute Gasteiger partial charge is 0.264 e. The maximum absolute atomic E-state index is 4.52.